The lowest BCUT2D eigenvalue weighted by Gasteiger charge is -2.22. The molecule has 0 saturated carbocycles. The van der Waals surface area contributed by atoms with Crippen molar-refractivity contribution in [2.75, 3.05) is 13.2 Å². The zero-order valence-corrected chi connectivity index (χ0v) is 12.9. The van der Waals surface area contributed by atoms with E-state index in [1.165, 1.54) is 23.1 Å². The number of non-ortho nitro benzene ring substituents is 1. The molecule has 2 rings (SSSR count). The van der Waals surface area contributed by atoms with Crippen LogP contribution in [0.4, 0.5) is 5.69 Å². The van der Waals surface area contributed by atoms with E-state index in [2.05, 4.69) is 0 Å². The van der Waals surface area contributed by atoms with Crippen LogP contribution in [0.5, 0.6) is 0 Å². The van der Waals surface area contributed by atoms with Gasteiger partial charge in [-0.15, -0.1) is 0 Å². The van der Waals surface area contributed by atoms with E-state index in [0.29, 0.717) is 6.54 Å². The van der Waals surface area contributed by atoms with Gasteiger partial charge in [-0.3, -0.25) is 14.9 Å². The highest BCUT2D eigenvalue weighted by atomic mass is 35.5. The Bertz CT molecular complexity index is 706. The van der Waals surface area contributed by atoms with Crippen LogP contribution in [0.1, 0.15) is 15.9 Å². The van der Waals surface area contributed by atoms with Crippen LogP contribution in [0.15, 0.2) is 48.5 Å². The van der Waals surface area contributed by atoms with Crippen LogP contribution in [-0.4, -0.2) is 34.0 Å². The summed E-state index contributed by atoms with van der Waals surface area (Å²) < 4.78 is 0. The molecular weight excluding hydrogens is 320 g/mol. The van der Waals surface area contributed by atoms with Crippen LogP contribution in [0.25, 0.3) is 0 Å². The number of nitro groups is 1. The summed E-state index contributed by atoms with van der Waals surface area (Å²) in [5.74, 6) is -0.423. The van der Waals surface area contributed by atoms with Crippen molar-refractivity contribution < 1.29 is 14.8 Å². The number of halogens is 1. The first-order chi connectivity index (χ1) is 11.0. The number of hydrogen-bond acceptors (Lipinski definition) is 4. The van der Waals surface area contributed by atoms with Crippen molar-refractivity contribution in [2.24, 2.45) is 0 Å². The van der Waals surface area contributed by atoms with Crippen LogP contribution < -0.4 is 0 Å². The molecule has 2 aromatic carbocycles. The van der Waals surface area contributed by atoms with Crippen molar-refractivity contribution in [3.63, 3.8) is 0 Å². The third-order valence-electron chi connectivity index (χ3n) is 3.21. The first-order valence-corrected chi connectivity index (χ1v) is 7.28. The van der Waals surface area contributed by atoms with Crippen LogP contribution in [0, 0.1) is 10.1 Å². The van der Waals surface area contributed by atoms with Crippen molar-refractivity contribution in [3.8, 4) is 0 Å². The Morgan fingerprint density at radius 2 is 1.91 bits per heavy atom. The van der Waals surface area contributed by atoms with Gasteiger partial charge in [-0.2, -0.15) is 0 Å². The maximum absolute atomic E-state index is 12.6. The van der Waals surface area contributed by atoms with Crippen molar-refractivity contribution >= 4 is 23.2 Å². The molecule has 2 aromatic rings. The molecule has 0 aliphatic rings. The summed E-state index contributed by atoms with van der Waals surface area (Å²) in [5, 5.41) is 20.2. The topological polar surface area (TPSA) is 83.7 Å². The van der Waals surface area contributed by atoms with E-state index in [1.807, 2.05) is 30.3 Å². The van der Waals surface area contributed by atoms with Gasteiger partial charge < -0.3 is 10.0 Å². The number of nitro benzene ring substituents is 1. The zero-order valence-electron chi connectivity index (χ0n) is 12.2. The molecule has 1 amide bonds. The smallest absolute Gasteiger partial charge is 0.271 e. The molecule has 0 fully saturated rings. The summed E-state index contributed by atoms with van der Waals surface area (Å²) in [4.78, 5) is 24.3. The van der Waals surface area contributed by atoms with E-state index < -0.39 is 10.8 Å². The predicted octanol–water partition coefficient (Wildman–Crippen LogP) is 2.88. The summed E-state index contributed by atoms with van der Waals surface area (Å²) in [6.07, 6.45) is 0. The molecule has 0 aliphatic heterocycles. The highest BCUT2D eigenvalue weighted by Gasteiger charge is 2.19. The maximum Gasteiger partial charge on any atom is 0.271 e. The Kier molecular flexibility index (Phi) is 5.67. The van der Waals surface area contributed by atoms with E-state index >= 15 is 0 Å². The van der Waals surface area contributed by atoms with Crippen LogP contribution in [0.2, 0.25) is 5.02 Å². The Labute approximate surface area is 138 Å². The molecule has 0 heterocycles. The van der Waals surface area contributed by atoms with Crippen molar-refractivity contribution in [2.45, 2.75) is 6.54 Å². The molecular formula is C16H15ClN2O4. The van der Waals surface area contributed by atoms with Crippen molar-refractivity contribution in [1.82, 2.24) is 4.90 Å². The fourth-order valence-corrected chi connectivity index (χ4v) is 2.39. The highest BCUT2D eigenvalue weighted by molar-refractivity contribution is 6.31. The van der Waals surface area contributed by atoms with Gasteiger partial charge in [0.2, 0.25) is 0 Å². The van der Waals surface area contributed by atoms with Gasteiger partial charge in [0.05, 0.1) is 11.5 Å². The zero-order chi connectivity index (χ0) is 16.8. The van der Waals surface area contributed by atoms with E-state index in [-0.39, 0.29) is 29.4 Å². The van der Waals surface area contributed by atoms with Gasteiger partial charge in [-0.25, -0.2) is 0 Å². The second-order valence-electron chi connectivity index (χ2n) is 4.89. The van der Waals surface area contributed by atoms with Gasteiger partial charge >= 0.3 is 0 Å². The monoisotopic (exact) mass is 334 g/mol. The average molecular weight is 335 g/mol. The number of amides is 1. The van der Waals surface area contributed by atoms with E-state index in [1.54, 1.807) is 0 Å². The molecule has 0 bridgehead atoms. The first-order valence-electron chi connectivity index (χ1n) is 6.90. The first kappa shape index (κ1) is 16.9. The summed E-state index contributed by atoms with van der Waals surface area (Å²) in [7, 11) is 0. The molecule has 0 aromatic heterocycles. The van der Waals surface area contributed by atoms with Crippen molar-refractivity contribution in [3.05, 3.63) is 74.8 Å². The number of carbonyl (C=O) groups excluding carboxylic acids is 1. The summed E-state index contributed by atoms with van der Waals surface area (Å²) in [6, 6.07) is 13.0. The maximum atomic E-state index is 12.6. The SMILES string of the molecule is O=C(c1cc(Cl)cc([N+](=O)[O-])c1)N(CCO)Cc1ccccc1. The largest absolute Gasteiger partial charge is 0.395 e. The van der Waals surface area contributed by atoms with Gasteiger partial charge in [0, 0.05) is 35.8 Å². The predicted molar refractivity (Wildman–Crippen MR) is 86.4 cm³/mol. The third kappa shape index (κ3) is 4.51. The van der Waals surface area contributed by atoms with E-state index in [9.17, 15) is 20.0 Å². The lowest BCUT2D eigenvalue weighted by atomic mass is 10.1. The third-order valence-corrected chi connectivity index (χ3v) is 3.43. The summed E-state index contributed by atoms with van der Waals surface area (Å²) in [5.41, 5.74) is 0.768. The minimum absolute atomic E-state index is 0.117. The number of hydrogen-bond donors (Lipinski definition) is 1. The molecule has 23 heavy (non-hydrogen) atoms. The van der Waals surface area contributed by atoms with E-state index in [0.717, 1.165) is 5.56 Å². The Morgan fingerprint density at radius 1 is 1.22 bits per heavy atom. The van der Waals surface area contributed by atoms with Gasteiger partial charge in [-0.1, -0.05) is 41.9 Å². The number of carbonyl (C=O) groups is 1. The number of aliphatic hydroxyl groups is 1. The van der Waals surface area contributed by atoms with Crippen LogP contribution in [0.3, 0.4) is 0 Å². The van der Waals surface area contributed by atoms with Crippen molar-refractivity contribution in [1.29, 1.82) is 0 Å². The van der Waals surface area contributed by atoms with Gasteiger partial charge in [0.15, 0.2) is 0 Å². The second kappa shape index (κ2) is 7.71. The van der Waals surface area contributed by atoms with Crippen LogP contribution in [-0.2, 0) is 6.54 Å². The molecule has 0 saturated heterocycles. The Hall–Kier alpha value is -2.44. The number of aliphatic hydroxyl groups excluding tert-OH is 1. The fourth-order valence-electron chi connectivity index (χ4n) is 2.16. The average Bonchev–Trinajstić information content (AvgIpc) is 2.54. The lowest BCUT2D eigenvalue weighted by Crippen LogP contribution is -2.33. The molecule has 1 N–H and O–H groups in total. The number of rotatable bonds is 6. The Morgan fingerprint density at radius 3 is 2.52 bits per heavy atom. The molecule has 0 radical (unpaired) electrons. The molecule has 0 spiro atoms. The minimum atomic E-state index is -0.601. The van der Waals surface area contributed by atoms with Crippen LogP contribution >= 0.6 is 11.6 Å². The molecule has 0 aliphatic carbocycles. The van der Waals surface area contributed by atoms with Gasteiger partial charge in [0.25, 0.3) is 11.6 Å². The van der Waals surface area contributed by atoms with Gasteiger partial charge in [-0.05, 0) is 11.6 Å². The number of benzene rings is 2. The van der Waals surface area contributed by atoms with Gasteiger partial charge in [0.1, 0.15) is 0 Å². The molecule has 0 atom stereocenters. The standard InChI is InChI=1S/C16H15ClN2O4/c17-14-8-13(9-15(10-14)19(22)23)16(21)18(6-7-20)11-12-4-2-1-3-5-12/h1-5,8-10,20H,6-7,11H2. The highest BCUT2D eigenvalue weighted by Crippen LogP contribution is 2.22. The van der Waals surface area contributed by atoms with E-state index in [4.69, 9.17) is 11.6 Å². The summed E-state index contributed by atoms with van der Waals surface area (Å²) >= 11 is 5.86. The molecule has 120 valence electrons. The minimum Gasteiger partial charge on any atom is -0.395 e. The molecule has 0 unspecified atom stereocenters. The number of nitrogens with zero attached hydrogens (tertiary/aromatic N) is 2. The normalized spacial score (nSPS) is 10.3. The lowest BCUT2D eigenvalue weighted by molar-refractivity contribution is -0.384. The fraction of sp³-hybridized carbons (Fsp3) is 0.188. The second-order valence-corrected chi connectivity index (χ2v) is 5.33. The quantitative estimate of drug-likeness (QED) is 0.650. The molecule has 6 nitrogen and oxygen atoms in total. The molecule has 7 heteroatoms. The Balaban J connectivity index is 2.29. The summed E-state index contributed by atoms with van der Waals surface area (Å²) in [6.45, 7) is 0.204.